The van der Waals surface area contributed by atoms with E-state index in [1.807, 2.05) is 6.92 Å². The van der Waals surface area contributed by atoms with Crippen LogP contribution >= 0.6 is 11.8 Å². The summed E-state index contributed by atoms with van der Waals surface area (Å²) in [4.78, 5) is 0. The first-order valence-electron chi connectivity index (χ1n) is 4.90. The number of phenols is 2. The van der Waals surface area contributed by atoms with E-state index in [1.54, 1.807) is 23.9 Å². The number of hydrogen-bond acceptors (Lipinski definition) is 4. The van der Waals surface area contributed by atoms with Crippen LogP contribution in [0.2, 0.25) is 0 Å². The van der Waals surface area contributed by atoms with E-state index in [1.165, 1.54) is 6.07 Å². The highest BCUT2D eigenvalue weighted by atomic mass is 32.2. The summed E-state index contributed by atoms with van der Waals surface area (Å²) >= 11 is 1.61. The monoisotopic (exact) mass is 228 g/mol. The maximum Gasteiger partial charge on any atom is 0.157 e. The summed E-state index contributed by atoms with van der Waals surface area (Å²) < 4.78 is 0. The summed E-state index contributed by atoms with van der Waals surface area (Å²) in [6, 6.07) is 4.78. The van der Waals surface area contributed by atoms with E-state index in [-0.39, 0.29) is 17.6 Å². The van der Waals surface area contributed by atoms with Crippen molar-refractivity contribution in [2.24, 2.45) is 0 Å². The van der Waals surface area contributed by atoms with Gasteiger partial charge in [-0.15, -0.1) is 0 Å². The molecule has 0 aliphatic rings. The smallest absolute Gasteiger partial charge is 0.157 e. The number of aliphatic hydroxyl groups is 1. The zero-order valence-corrected chi connectivity index (χ0v) is 9.50. The van der Waals surface area contributed by atoms with E-state index < -0.39 is 0 Å². The number of thioether (sulfide) groups is 1. The normalized spacial score (nSPS) is 12.7. The van der Waals surface area contributed by atoms with Crippen molar-refractivity contribution < 1.29 is 15.3 Å². The highest BCUT2D eigenvalue weighted by molar-refractivity contribution is 7.98. The molecule has 3 N–H and O–H groups in total. The van der Waals surface area contributed by atoms with Crippen molar-refractivity contribution in [1.82, 2.24) is 0 Å². The van der Waals surface area contributed by atoms with Crippen LogP contribution in [-0.2, 0) is 5.75 Å². The van der Waals surface area contributed by atoms with Crippen molar-refractivity contribution in [2.45, 2.75) is 25.2 Å². The molecule has 84 valence electrons. The molecule has 0 saturated carbocycles. The molecule has 0 aliphatic heterocycles. The molecule has 15 heavy (non-hydrogen) atoms. The van der Waals surface area contributed by atoms with Gasteiger partial charge in [0.05, 0.1) is 6.10 Å². The van der Waals surface area contributed by atoms with E-state index in [9.17, 15) is 10.2 Å². The Kier molecular flexibility index (Phi) is 4.78. The Morgan fingerprint density at radius 2 is 2.00 bits per heavy atom. The van der Waals surface area contributed by atoms with Gasteiger partial charge in [0.2, 0.25) is 0 Å². The van der Waals surface area contributed by atoms with Gasteiger partial charge in [-0.2, -0.15) is 11.8 Å². The predicted octanol–water partition coefficient (Wildman–Crippen LogP) is 2.10. The number of aromatic hydroxyl groups is 2. The lowest BCUT2D eigenvalue weighted by Crippen LogP contribution is -2.07. The van der Waals surface area contributed by atoms with Gasteiger partial charge in [-0.3, -0.25) is 0 Å². The highest BCUT2D eigenvalue weighted by Gasteiger charge is 2.03. The Bertz CT molecular complexity index is 315. The second-order valence-electron chi connectivity index (χ2n) is 3.40. The number of phenolic OH excluding ortho intramolecular Hbond substituents is 2. The molecule has 0 aromatic heterocycles. The third-order valence-corrected chi connectivity index (χ3v) is 3.25. The van der Waals surface area contributed by atoms with Crippen molar-refractivity contribution in [3.63, 3.8) is 0 Å². The summed E-state index contributed by atoms with van der Waals surface area (Å²) in [5.74, 6) is 1.23. The Morgan fingerprint density at radius 1 is 1.27 bits per heavy atom. The molecule has 1 aromatic rings. The fourth-order valence-corrected chi connectivity index (χ4v) is 2.13. The van der Waals surface area contributed by atoms with Crippen LogP contribution in [0.25, 0.3) is 0 Å². The molecule has 1 aromatic carbocycles. The zero-order valence-electron chi connectivity index (χ0n) is 8.68. The van der Waals surface area contributed by atoms with Gasteiger partial charge in [0, 0.05) is 11.5 Å². The maximum absolute atomic E-state index is 9.32. The Balaban J connectivity index is 2.41. The van der Waals surface area contributed by atoms with Crippen LogP contribution < -0.4 is 0 Å². The molecule has 1 atom stereocenters. The van der Waals surface area contributed by atoms with Gasteiger partial charge in [0.25, 0.3) is 0 Å². The standard InChI is InChI=1S/C11H16O3S/c1-2-9(12)7-15-6-8-3-4-10(13)11(14)5-8/h3-5,9,12-14H,2,6-7H2,1H3. The summed E-state index contributed by atoms with van der Waals surface area (Å²) in [5.41, 5.74) is 0.943. The lowest BCUT2D eigenvalue weighted by Gasteiger charge is -2.07. The van der Waals surface area contributed by atoms with Gasteiger partial charge in [-0.05, 0) is 24.1 Å². The maximum atomic E-state index is 9.32. The first kappa shape index (κ1) is 12.2. The first-order chi connectivity index (χ1) is 7.13. The third kappa shape index (κ3) is 4.01. The zero-order chi connectivity index (χ0) is 11.3. The molecule has 0 fully saturated rings. The van der Waals surface area contributed by atoms with Crippen molar-refractivity contribution in [3.05, 3.63) is 23.8 Å². The average Bonchev–Trinajstić information content (AvgIpc) is 2.23. The number of aliphatic hydroxyl groups excluding tert-OH is 1. The van der Waals surface area contributed by atoms with Gasteiger partial charge in [-0.1, -0.05) is 13.0 Å². The summed E-state index contributed by atoms with van der Waals surface area (Å²) in [6.07, 6.45) is 0.495. The molecule has 1 unspecified atom stereocenters. The molecule has 0 heterocycles. The lowest BCUT2D eigenvalue weighted by molar-refractivity contribution is 0.195. The van der Waals surface area contributed by atoms with E-state index in [0.717, 1.165) is 17.7 Å². The summed E-state index contributed by atoms with van der Waals surface area (Å²) in [7, 11) is 0. The predicted molar refractivity (Wildman–Crippen MR) is 62.2 cm³/mol. The number of hydrogen-bond donors (Lipinski definition) is 3. The van der Waals surface area contributed by atoms with Crippen molar-refractivity contribution in [3.8, 4) is 11.5 Å². The topological polar surface area (TPSA) is 60.7 Å². The molecule has 0 amide bonds. The number of rotatable bonds is 5. The molecule has 3 nitrogen and oxygen atoms in total. The average molecular weight is 228 g/mol. The SMILES string of the molecule is CCC(O)CSCc1ccc(O)c(O)c1. The van der Waals surface area contributed by atoms with E-state index in [4.69, 9.17) is 5.11 Å². The van der Waals surface area contributed by atoms with Gasteiger partial charge in [-0.25, -0.2) is 0 Å². The third-order valence-electron chi connectivity index (χ3n) is 2.09. The molecule has 1 rings (SSSR count). The fourth-order valence-electron chi connectivity index (χ4n) is 1.09. The van der Waals surface area contributed by atoms with Gasteiger partial charge < -0.3 is 15.3 Å². The highest BCUT2D eigenvalue weighted by Crippen LogP contribution is 2.26. The van der Waals surface area contributed by atoms with Gasteiger partial charge in [0.1, 0.15) is 0 Å². The van der Waals surface area contributed by atoms with E-state index >= 15 is 0 Å². The van der Waals surface area contributed by atoms with Crippen molar-refractivity contribution >= 4 is 11.8 Å². The fraction of sp³-hybridized carbons (Fsp3) is 0.455. The summed E-state index contributed by atoms with van der Waals surface area (Å²) in [6.45, 7) is 1.94. The summed E-state index contributed by atoms with van der Waals surface area (Å²) in [5, 5.41) is 27.7. The molecule has 0 saturated heterocycles. The van der Waals surface area contributed by atoms with Crippen LogP contribution in [0, 0.1) is 0 Å². The van der Waals surface area contributed by atoms with Crippen molar-refractivity contribution in [2.75, 3.05) is 5.75 Å². The quantitative estimate of drug-likeness (QED) is 0.675. The second kappa shape index (κ2) is 5.88. The molecule has 0 bridgehead atoms. The lowest BCUT2D eigenvalue weighted by atomic mass is 10.2. The minimum absolute atomic E-state index is 0.0934. The Labute approximate surface area is 93.8 Å². The van der Waals surface area contributed by atoms with E-state index in [2.05, 4.69) is 0 Å². The Morgan fingerprint density at radius 3 is 2.60 bits per heavy atom. The van der Waals surface area contributed by atoms with Crippen LogP contribution in [0.4, 0.5) is 0 Å². The van der Waals surface area contributed by atoms with Crippen LogP contribution in [-0.4, -0.2) is 27.2 Å². The van der Waals surface area contributed by atoms with Gasteiger partial charge in [0.15, 0.2) is 11.5 Å². The minimum Gasteiger partial charge on any atom is -0.504 e. The van der Waals surface area contributed by atoms with Crippen LogP contribution in [0.1, 0.15) is 18.9 Å². The van der Waals surface area contributed by atoms with E-state index in [0.29, 0.717) is 5.75 Å². The molecule has 4 heteroatoms. The van der Waals surface area contributed by atoms with Crippen molar-refractivity contribution in [1.29, 1.82) is 0 Å². The number of benzene rings is 1. The minimum atomic E-state index is -0.263. The van der Waals surface area contributed by atoms with Gasteiger partial charge >= 0.3 is 0 Å². The first-order valence-corrected chi connectivity index (χ1v) is 6.05. The molecule has 0 radical (unpaired) electrons. The van der Waals surface area contributed by atoms with Crippen LogP contribution in [0.3, 0.4) is 0 Å². The Hall–Kier alpha value is -0.870. The molecule has 0 aliphatic carbocycles. The molecule has 0 spiro atoms. The largest absolute Gasteiger partial charge is 0.504 e. The molecular weight excluding hydrogens is 212 g/mol. The molecular formula is C11H16O3S. The second-order valence-corrected chi connectivity index (χ2v) is 4.43. The van der Waals surface area contributed by atoms with Crippen LogP contribution in [0.5, 0.6) is 11.5 Å². The van der Waals surface area contributed by atoms with Crippen LogP contribution in [0.15, 0.2) is 18.2 Å².